The Morgan fingerprint density at radius 2 is 1.81 bits per heavy atom. The van der Waals surface area contributed by atoms with Gasteiger partial charge in [0.1, 0.15) is 17.1 Å². The van der Waals surface area contributed by atoms with Gasteiger partial charge in [-0.15, -0.1) is 11.3 Å². The first-order chi connectivity index (χ1) is 28.6. The second-order valence-corrected chi connectivity index (χ2v) is 17.4. The van der Waals surface area contributed by atoms with E-state index in [0.29, 0.717) is 88.5 Å². The molecule has 13 nitrogen and oxygen atoms in total. The normalized spacial score (nSPS) is 16.6. The second-order valence-electron chi connectivity index (χ2n) is 16.1. The smallest absolute Gasteiger partial charge is 0.273 e. The van der Waals surface area contributed by atoms with Gasteiger partial charge >= 0.3 is 0 Å². The van der Waals surface area contributed by atoms with Crippen molar-refractivity contribution in [3.05, 3.63) is 68.1 Å². The Hall–Kier alpha value is -3.79. The number of aromatic nitrogens is 1. The summed E-state index contributed by atoms with van der Waals surface area (Å²) < 4.78 is 23.2. The number of thiazole rings is 1. The van der Waals surface area contributed by atoms with Crippen LogP contribution in [-0.4, -0.2) is 128 Å². The number of aromatic hydroxyl groups is 1. The highest BCUT2D eigenvalue weighted by Crippen LogP contribution is 2.40. The molecule has 2 aromatic carbocycles. The van der Waals surface area contributed by atoms with E-state index < -0.39 is 0 Å². The number of ether oxygens (including phenoxy) is 4. The van der Waals surface area contributed by atoms with Crippen LogP contribution in [0, 0.1) is 0 Å². The van der Waals surface area contributed by atoms with Crippen LogP contribution in [0.4, 0.5) is 5.69 Å². The van der Waals surface area contributed by atoms with Gasteiger partial charge in [0.15, 0.2) is 12.4 Å². The van der Waals surface area contributed by atoms with Crippen molar-refractivity contribution in [3.63, 3.8) is 0 Å². The number of hydrogen-bond donors (Lipinski definition) is 2. The molecule has 3 aromatic rings. The van der Waals surface area contributed by atoms with E-state index in [1.165, 1.54) is 0 Å². The molecule has 3 aliphatic heterocycles. The number of amides is 3. The Morgan fingerprint density at radius 3 is 2.59 bits per heavy atom. The molecule has 2 N–H and O–H groups in total. The van der Waals surface area contributed by atoms with Crippen LogP contribution in [-0.2, 0) is 43.2 Å². The van der Waals surface area contributed by atoms with E-state index in [9.17, 15) is 19.5 Å². The highest BCUT2D eigenvalue weighted by Gasteiger charge is 2.41. The molecule has 1 aromatic heterocycles. The summed E-state index contributed by atoms with van der Waals surface area (Å²) in [6.07, 6.45) is 6.80. The van der Waals surface area contributed by atoms with Crippen molar-refractivity contribution in [2.45, 2.75) is 89.7 Å². The van der Waals surface area contributed by atoms with E-state index in [4.69, 9.17) is 30.5 Å². The molecule has 322 valence electrons. The fraction of sp³-hybridized carbons (Fsp3) is 0.591. The molecule has 1 spiro atoms. The number of benzene rings is 2. The number of carbonyl (C=O) groups excluding carboxylic acids is 3. The minimum absolute atomic E-state index is 0.00191. The third-order valence-corrected chi connectivity index (χ3v) is 13.0. The highest BCUT2D eigenvalue weighted by atomic mass is 35.5. The number of rotatable bonds is 20. The number of methoxy groups -OCH3 is 1. The van der Waals surface area contributed by atoms with Crippen LogP contribution in [0.15, 0.2) is 35.7 Å². The van der Waals surface area contributed by atoms with Crippen LogP contribution in [0.1, 0.15) is 96.9 Å². The van der Waals surface area contributed by atoms with E-state index in [1.807, 2.05) is 33.4 Å². The molecule has 15 heteroatoms. The first-order valence-electron chi connectivity index (χ1n) is 21.0. The number of carbonyl (C=O) groups is 3. The maximum Gasteiger partial charge on any atom is 0.273 e. The number of phenols is 1. The lowest BCUT2D eigenvalue weighted by Gasteiger charge is -2.47. The maximum atomic E-state index is 13.3. The summed E-state index contributed by atoms with van der Waals surface area (Å²) >= 11 is 8.51. The van der Waals surface area contributed by atoms with Crippen LogP contribution < -0.4 is 10.1 Å². The molecule has 4 heterocycles. The summed E-state index contributed by atoms with van der Waals surface area (Å²) in [5.41, 5.74) is 3.60. The standard InChI is InChI=1S/C44H60ClN5O8S/c1-31(2)42-46-35(29-59-42)43(54)50-22-26-58-44(30-50)16-20-48(21-17-44)27-34-11-7-10-32(39(34)45)14-24-56-25-15-38(53)49(19-8-23-55-3)18-6-4-5-9-33-12-13-36(51)40-41(33)57-28-37(52)47-40/h7,10-13,29,31,51H,4-6,8-9,14-28,30H2,1-3H3,(H,47,52). The summed E-state index contributed by atoms with van der Waals surface area (Å²) in [6.45, 7) is 11.0. The largest absolute Gasteiger partial charge is 0.506 e. The third-order valence-electron chi connectivity index (χ3n) is 11.4. The van der Waals surface area contributed by atoms with Gasteiger partial charge in [-0.3, -0.25) is 19.3 Å². The van der Waals surface area contributed by atoms with E-state index in [-0.39, 0.29) is 35.7 Å². The number of morpholine rings is 1. The molecule has 3 amide bonds. The number of hydrogen-bond acceptors (Lipinski definition) is 11. The Morgan fingerprint density at radius 1 is 1.02 bits per heavy atom. The number of nitrogens with zero attached hydrogens (tertiary/aromatic N) is 4. The van der Waals surface area contributed by atoms with Crippen molar-refractivity contribution >= 4 is 46.3 Å². The summed E-state index contributed by atoms with van der Waals surface area (Å²) in [5, 5.41) is 16.5. The van der Waals surface area contributed by atoms with E-state index in [0.717, 1.165) is 91.3 Å². The Kier molecular flexibility index (Phi) is 16.4. The number of phenolic OH excluding ortho intramolecular Hbond substituents is 1. The van der Waals surface area contributed by atoms with E-state index in [1.54, 1.807) is 24.5 Å². The van der Waals surface area contributed by atoms with Crippen LogP contribution in [0.2, 0.25) is 5.02 Å². The number of anilines is 1. The molecule has 0 unspecified atom stereocenters. The van der Waals surface area contributed by atoms with Crippen LogP contribution in [0.25, 0.3) is 0 Å². The van der Waals surface area contributed by atoms with Crippen LogP contribution in [0.3, 0.4) is 0 Å². The third kappa shape index (κ3) is 12.2. The summed E-state index contributed by atoms with van der Waals surface area (Å²) in [6, 6.07) is 9.59. The Labute approximate surface area is 357 Å². The summed E-state index contributed by atoms with van der Waals surface area (Å²) in [5.74, 6) is 0.618. The number of fused-ring (bicyclic) bond motifs is 1. The molecule has 3 aliphatic rings. The Bertz CT molecular complexity index is 1880. The van der Waals surface area contributed by atoms with Crippen molar-refractivity contribution in [2.75, 3.05) is 84.7 Å². The van der Waals surface area contributed by atoms with E-state index >= 15 is 0 Å². The highest BCUT2D eigenvalue weighted by molar-refractivity contribution is 7.09. The zero-order valence-electron chi connectivity index (χ0n) is 34.8. The molecule has 0 atom stereocenters. The molecule has 59 heavy (non-hydrogen) atoms. The number of unbranched alkanes of at least 4 members (excludes halogenated alkanes) is 2. The zero-order valence-corrected chi connectivity index (χ0v) is 36.3. The molecule has 6 rings (SSSR count). The average Bonchev–Trinajstić information content (AvgIpc) is 3.74. The van der Waals surface area contributed by atoms with E-state index in [2.05, 4.69) is 35.1 Å². The van der Waals surface area contributed by atoms with Gasteiger partial charge in [0.25, 0.3) is 11.8 Å². The number of nitrogens with one attached hydrogen (secondary N) is 1. The summed E-state index contributed by atoms with van der Waals surface area (Å²) in [4.78, 5) is 49.2. The SMILES string of the molecule is COCCCN(CCCCCc1ccc(O)c2c1OCC(=O)N2)C(=O)CCOCCc1cccc(CN2CCC3(CC2)CN(C(=O)c2csc(C(C)C)n2)CCO3)c1Cl. The molecular formula is C44H60ClN5O8S. The first-order valence-corrected chi connectivity index (χ1v) is 22.3. The Balaban J connectivity index is 0.899. The van der Waals surface area contributed by atoms with Gasteiger partial charge in [0.2, 0.25) is 5.91 Å². The van der Waals surface area contributed by atoms with Crippen LogP contribution >= 0.6 is 22.9 Å². The predicted octanol–water partition coefficient (Wildman–Crippen LogP) is 6.69. The molecule has 0 radical (unpaired) electrons. The number of aryl methyl sites for hydroxylation is 1. The van der Waals surface area contributed by atoms with Crippen LogP contribution in [0.5, 0.6) is 11.5 Å². The fourth-order valence-corrected chi connectivity index (χ4v) is 9.10. The van der Waals surface area contributed by atoms with Gasteiger partial charge in [-0.05, 0) is 67.7 Å². The lowest BCUT2D eigenvalue weighted by molar-refractivity contribution is -0.132. The van der Waals surface area contributed by atoms with Gasteiger partial charge in [0, 0.05) is 69.3 Å². The number of likely N-dealkylation sites (tertiary alicyclic amines) is 1. The lowest BCUT2D eigenvalue weighted by Crippen LogP contribution is -2.58. The molecule has 0 aliphatic carbocycles. The van der Waals surface area contributed by atoms with Crippen molar-refractivity contribution < 1.29 is 38.4 Å². The minimum atomic E-state index is -0.332. The second kappa shape index (κ2) is 21.6. The molecule has 2 saturated heterocycles. The van der Waals surface area contributed by atoms with Gasteiger partial charge in [-0.25, -0.2) is 4.98 Å². The minimum Gasteiger partial charge on any atom is -0.506 e. The van der Waals surface area contributed by atoms with Gasteiger partial charge < -0.3 is 39.2 Å². The number of halogens is 1. The quantitative estimate of drug-likeness (QED) is 0.0933. The van der Waals surface area contributed by atoms with Gasteiger partial charge in [-0.2, -0.15) is 0 Å². The van der Waals surface area contributed by atoms with Crippen molar-refractivity contribution in [2.24, 2.45) is 0 Å². The van der Waals surface area contributed by atoms with Gasteiger partial charge in [0.05, 0.1) is 43.4 Å². The molecule has 2 fully saturated rings. The number of piperidine rings is 1. The predicted molar refractivity (Wildman–Crippen MR) is 229 cm³/mol. The molecule has 0 bridgehead atoms. The van der Waals surface area contributed by atoms with Gasteiger partial charge in [-0.1, -0.05) is 56.1 Å². The monoisotopic (exact) mass is 853 g/mol. The fourth-order valence-electron chi connectivity index (χ4n) is 8.01. The average molecular weight is 855 g/mol. The zero-order chi connectivity index (χ0) is 41.8. The molecular weight excluding hydrogens is 794 g/mol. The topological polar surface area (TPSA) is 143 Å². The van der Waals surface area contributed by atoms with Crippen molar-refractivity contribution in [3.8, 4) is 11.5 Å². The van der Waals surface area contributed by atoms with Crippen molar-refractivity contribution in [1.82, 2.24) is 19.7 Å². The summed E-state index contributed by atoms with van der Waals surface area (Å²) in [7, 11) is 1.67. The first kappa shape index (κ1) is 44.8. The lowest BCUT2D eigenvalue weighted by atomic mass is 9.89. The van der Waals surface area contributed by atoms with Crippen molar-refractivity contribution in [1.29, 1.82) is 0 Å². The molecule has 0 saturated carbocycles. The maximum absolute atomic E-state index is 13.3.